The van der Waals surface area contributed by atoms with E-state index in [0.717, 1.165) is 0 Å². The normalized spacial score (nSPS) is 39.6. The molecule has 0 aromatic rings. The maximum Gasteiger partial charge on any atom is 0.251 e. The molecular weight excluding hydrogens is 264 g/mol. The Morgan fingerprint density at radius 2 is 1.70 bits per heavy atom. The molecule has 8 nitrogen and oxygen atoms in total. The number of carbonyl (C=O) groups excluding carboxylic acids is 3. The van der Waals surface area contributed by atoms with Gasteiger partial charge in [0.25, 0.3) is 5.91 Å². The quantitative estimate of drug-likeness (QED) is 0.398. The van der Waals surface area contributed by atoms with E-state index in [0.29, 0.717) is 19.4 Å². The lowest BCUT2D eigenvalue weighted by Crippen LogP contribution is -2.77. The summed E-state index contributed by atoms with van der Waals surface area (Å²) in [5, 5.41) is 0. The molecule has 4 N–H and O–H groups in total. The topological polar surface area (TPSA) is 109 Å². The Morgan fingerprint density at radius 3 is 2.40 bits per heavy atom. The minimum Gasteiger partial charge on any atom is -0.375 e. The maximum atomic E-state index is 12.2. The van der Waals surface area contributed by atoms with E-state index >= 15 is 0 Å². The summed E-state index contributed by atoms with van der Waals surface area (Å²) in [5.74, 6) is -3.02. The summed E-state index contributed by atoms with van der Waals surface area (Å²) in [6.07, 6.45) is 1.08. The highest BCUT2D eigenvalue weighted by Gasteiger charge is 2.59. The number of hydrogen-bond donors (Lipinski definition) is 4. The minimum absolute atomic E-state index is 0.338. The highest BCUT2D eigenvalue weighted by Crippen LogP contribution is 2.42. The average Bonchev–Trinajstić information content (AvgIpc) is 2.36. The van der Waals surface area contributed by atoms with Crippen molar-refractivity contribution in [3.8, 4) is 0 Å². The van der Waals surface area contributed by atoms with E-state index in [2.05, 4.69) is 21.7 Å². The first-order valence-electron chi connectivity index (χ1n) is 6.65. The van der Waals surface area contributed by atoms with Gasteiger partial charge in [-0.1, -0.05) is 0 Å². The molecule has 0 radical (unpaired) electrons. The van der Waals surface area contributed by atoms with E-state index in [1.54, 1.807) is 0 Å². The van der Waals surface area contributed by atoms with Crippen LogP contribution in [0.25, 0.3) is 0 Å². The van der Waals surface area contributed by atoms with Crippen LogP contribution in [0.5, 0.6) is 0 Å². The van der Waals surface area contributed by atoms with E-state index in [1.165, 1.54) is 0 Å². The van der Waals surface area contributed by atoms with Crippen molar-refractivity contribution in [3.63, 3.8) is 0 Å². The number of carbonyl (C=O) groups is 3. The fraction of sp³-hybridized carbons (Fsp3) is 0.750. The van der Waals surface area contributed by atoms with E-state index in [1.807, 2.05) is 13.8 Å². The Kier molecular flexibility index (Phi) is 2.77. The van der Waals surface area contributed by atoms with Crippen molar-refractivity contribution in [1.82, 2.24) is 21.7 Å². The van der Waals surface area contributed by atoms with Gasteiger partial charge in [-0.05, 0) is 26.7 Å². The van der Waals surface area contributed by atoms with Crippen LogP contribution >= 0.6 is 0 Å². The second kappa shape index (κ2) is 4.16. The van der Waals surface area contributed by atoms with Crippen LogP contribution in [0.1, 0.15) is 26.7 Å². The minimum atomic E-state index is -1.00. The van der Waals surface area contributed by atoms with Crippen molar-refractivity contribution in [2.75, 3.05) is 6.61 Å². The molecule has 1 spiro atoms. The molecule has 3 atom stereocenters. The lowest BCUT2D eigenvalue weighted by atomic mass is 9.65. The number of hydrazine groups is 2. The third-order valence-corrected chi connectivity index (χ3v) is 4.30. The molecule has 3 fully saturated rings. The van der Waals surface area contributed by atoms with Crippen LogP contribution in [0.4, 0.5) is 0 Å². The summed E-state index contributed by atoms with van der Waals surface area (Å²) < 4.78 is 5.68. The zero-order valence-electron chi connectivity index (χ0n) is 11.4. The molecule has 0 bridgehead atoms. The van der Waals surface area contributed by atoms with Crippen molar-refractivity contribution in [3.05, 3.63) is 0 Å². The van der Waals surface area contributed by atoms with Gasteiger partial charge in [-0.25, -0.2) is 5.43 Å². The number of fused-ring (bicyclic) bond motifs is 2. The number of hydrogen-bond acceptors (Lipinski definition) is 5. The number of amides is 3. The van der Waals surface area contributed by atoms with Crippen LogP contribution in [0.15, 0.2) is 0 Å². The lowest BCUT2D eigenvalue weighted by molar-refractivity contribution is -0.169. The van der Waals surface area contributed by atoms with Crippen LogP contribution in [-0.4, -0.2) is 35.5 Å². The Hall–Kier alpha value is -1.67. The first kappa shape index (κ1) is 13.3. The highest BCUT2D eigenvalue weighted by atomic mass is 16.5. The lowest BCUT2D eigenvalue weighted by Gasteiger charge is -2.53. The molecule has 3 amide bonds. The monoisotopic (exact) mass is 282 g/mol. The third-order valence-electron chi connectivity index (χ3n) is 4.30. The van der Waals surface area contributed by atoms with Crippen LogP contribution in [0, 0.1) is 11.8 Å². The smallest absolute Gasteiger partial charge is 0.251 e. The molecule has 3 rings (SSSR count). The molecule has 20 heavy (non-hydrogen) atoms. The third kappa shape index (κ3) is 1.87. The SMILES string of the molecule is CC1(C)C[C@]2(CCO1)NNC(=O)[C@@H]1C(=O)NNC(=O)[C@H]12. The van der Waals surface area contributed by atoms with Gasteiger partial charge in [0.15, 0.2) is 0 Å². The number of nitrogens with one attached hydrogen (secondary N) is 4. The molecular formula is C12H18N4O4. The van der Waals surface area contributed by atoms with Crippen LogP contribution < -0.4 is 21.7 Å². The number of rotatable bonds is 0. The van der Waals surface area contributed by atoms with Gasteiger partial charge in [-0.2, -0.15) is 0 Å². The predicted molar refractivity (Wildman–Crippen MR) is 66.5 cm³/mol. The fourth-order valence-electron chi connectivity index (χ4n) is 3.54. The summed E-state index contributed by atoms with van der Waals surface area (Å²) in [4.78, 5) is 36.1. The van der Waals surface area contributed by atoms with Gasteiger partial charge in [-0.3, -0.25) is 30.7 Å². The molecule has 0 unspecified atom stereocenters. The summed E-state index contributed by atoms with van der Waals surface area (Å²) in [5.41, 5.74) is 9.02. The molecule has 0 aromatic heterocycles. The van der Waals surface area contributed by atoms with Crippen LogP contribution in [0.3, 0.4) is 0 Å². The second-order valence-electron chi connectivity index (χ2n) is 6.24. The zero-order chi connectivity index (χ0) is 14.5. The van der Waals surface area contributed by atoms with Crippen molar-refractivity contribution >= 4 is 17.7 Å². The summed E-state index contributed by atoms with van der Waals surface area (Å²) in [6.45, 7) is 4.33. The summed E-state index contributed by atoms with van der Waals surface area (Å²) >= 11 is 0. The molecule has 0 saturated carbocycles. The molecule has 110 valence electrons. The van der Waals surface area contributed by atoms with E-state index in [9.17, 15) is 14.4 Å². The van der Waals surface area contributed by atoms with Crippen molar-refractivity contribution in [2.24, 2.45) is 11.8 Å². The first-order valence-corrected chi connectivity index (χ1v) is 6.65. The van der Waals surface area contributed by atoms with Gasteiger partial charge in [0.05, 0.1) is 17.1 Å². The van der Waals surface area contributed by atoms with Crippen molar-refractivity contribution in [1.29, 1.82) is 0 Å². The predicted octanol–water partition coefficient (Wildman–Crippen LogP) is -1.66. The molecule has 3 aliphatic rings. The van der Waals surface area contributed by atoms with Gasteiger partial charge in [0, 0.05) is 6.61 Å². The molecule has 3 aliphatic heterocycles. The Morgan fingerprint density at radius 1 is 1.05 bits per heavy atom. The molecule has 3 saturated heterocycles. The maximum absolute atomic E-state index is 12.2. The Labute approximate surface area is 115 Å². The van der Waals surface area contributed by atoms with Gasteiger partial charge >= 0.3 is 0 Å². The first-order chi connectivity index (χ1) is 9.35. The van der Waals surface area contributed by atoms with Crippen LogP contribution in [-0.2, 0) is 19.1 Å². The second-order valence-corrected chi connectivity index (χ2v) is 6.24. The molecule has 0 aliphatic carbocycles. The molecule has 8 heteroatoms. The molecule has 0 aromatic carbocycles. The standard InChI is InChI=1S/C12H18N4O4/c1-11(2)5-12(3-4-20-11)7-6(9(18)15-16-12)8(17)13-14-10(7)19/h6-7,16H,3-5H2,1-2H3,(H,13,17)(H,14,19)(H,15,18)/t6-,7-,12-/m0/s1. The van der Waals surface area contributed by atoms with Gasteiger partial charge in [0.2, 0.25) is 11.8 Å². The van der Waals surface area contributed by atoms with E-state index < -0.39 is 34.8 Å². The zero-order valence-corrected chi connectivity index (χ0v) is 11.4. The Balaban J connectivity index is 2.00. The van der Waals surface area contributed by atoms with Crippen LogP contribution in [0.2, 0.25) is 0 Å². The summed E-state index contributed by atoms with van der Waals surface area (Å²) in [6, 6.07) is 0. The van der Waals surface area contributed by atoms with Gasteiger partial charge in [0.1, 0.15) is 5.92 Å². The van der Waals surface area contributed by atoms with E-state index in [-0.39, 0.29) is 5.91 Å². The van der Waals surface area contributed by atoms with Gasteiger partial charge in [-0.15, -0.1) is 0 Å². The largest absolute Gasteiger partial charge is 0.375 e. The van der Waals surface area contributed by atoms with Gasteiger partial charge < -0.3 is 4.74 Å². The van der Waals surface area contributed by atoms with Crippen molar-refractivity contribution in [2.45, 2.75) is 37.8 Å². The number of ether oxygens (including phenoxy) is 1. The Bertz CT molecular complexity index is 484. The fourth-order valence-corrected chi connectivity index (χ4v) is 3.54. The average molecular weight is 282 g/mol. The van der Waals surface area contributed by atoms with E-state index in [4.69, 9.17) is 4.74 Å². The summed E-state index contributed by atoms with van der Waals surface area (Å²) in [7, 11) is 0. The molecule has 3 heterocycles. The van der Waals surface area contributed by atoms with Crippen molar-refractivity contribution < 1.29 is 19.1 Å². The highest BCUT2D eigenvalue weighted by molar-refractivity contribution is 6.08.